The fourth-order valence-corrected chi connectivity index (χ4v) is 1.94. The van der Waals surface area contributed by atoms with Gasteiger partial charge in [-0.1, -0.05) is 20.3 Å². The lowest BCUT2D eigenvalue weighted by atomic mass is 9.85. The maximum Gasteiger partial charge on any atom is 0.126 e. The maximum atomic E-state index is 13.1. The van der Waals surface area contributed by atoms with E-state index < -0.39 is 11.6 Å². The third-order valence-electron chi connectivity index (χ3n) is 3.07. The molecule has 0 radical (unpaired) electrons. The van der Waals surface area contributed by atoms with Crippen LogP contribution in [0.25, 0.3) is 0 Å². The van der Waals surface area contributed by atoms with Gasteiger partial charge in [-0.05, 0) is 36.6 Å². The molecule has 0 aromatic heterocycles. The number of rotatable bonds is 5. The van der Waals surface area contributed by atoms with E-state index >= 15 is 0 Å². The molecule has 0 aliphatic carbocycles. The second-order valence-corrected chi connectivity index (χ2v) is 4.25. The number of halogens is 2. The molecule has 2 unspecified atom stereocenters. The molecule has 0 saturated heterocycles. The molecule has 0 heterocycles. The Morgan fingerprint density at radius 3 is 2.19 bits per heavy atom. The van der Waals surface area contributed by atoms with Crippen molar-refractivity contribution in [3.05, 3.63) is 35.4 Å². The number of hydrogen-bond acceptors (Lipinski definition) is 1. The summed E-state index contributed by atoms with van der Waals surface area (Å²) in [5, 5.41) is 3.08. The molecule has 1 rings (SSSR count). The summed E-state index contributed by atoms with van der Waals surface area (Å²) in [4.78, 5) is 0. The van der Waals surface area contributed by atoms with Crippen LogP contribution in [-0.4, -0.2) is 13.6 Å². The Morgan fingerprint density at radius 1 is 1.19 bits per heavy atom. The Hall–Kier alpha value is -0.960. The molecule has 90 valence electrons. The molecule has 2 atom stereocenters. The van der Waals surface area contributed by atoms with E-state index in [1.54, 1.807) is 0 Å². The Bertz CT molecular complexity index is 318. The van der Waals surface area contributed by atoms with Crippen LogP contribution in [0.4, 0.5) is 8.78 Å². The van der Waals surface area contributed by atoms with Crippen molar-refractivity contribution in [2.24, 2.45) is 5.92 Å². The molecule has 0 bridgehead atoms. The monoisotopic (exact) mass is 227 g/mol. The quantitative estimate of drug-likeness (QED) is 0.813. The second-order valence-electron chi connectivity index (χ2n) is 4.25. The van der Waals surface area contributed by atoms with Crippen molar-refractivity contribution < 1.29 is 8.78 Å². The zero-order valence-corrected chi connectivity index (χ0v) is 10.1. The lowest BCUT2D eigenvalue weighted by Gasteiger charge is -2.23. The zero-order chi connectivity index (χ0) is 12.1. The predicted molar refractivity (Wildman–Crippen MR) is 62.5 cm³/mol. The summed E-state index contributed by atoms with van der Waals surface area (Å²) in [5.41, 5.74) is 0.737. The van der Waals surface area contributed by atoms with Gasteiger partial charge in [0.05, 0.1) is 0 Å². The van der Waals surface area contributed by atoms with Gasteiger partial charge in [0.25, 0.3) is 0 Å². The molecule has 1 aromatic rings. The van der Waals surface area contributed by atoms with Gasteiger partial charge < -0.3 is 5.32 Å². The van der Waals surface area contributed by atoms with Crippen molar-refractivity contribution in [3.8, 4) is 0 Å². The summed E-state index contributed by atoms with van der Waals surface area (Å²) in [7, 11) is 1.85. The van der Waals surface area contributed by atoms with Gasteiger partial charge in [-0.15, -0.1) is 0 Å². The van der Waals surface area contributed by atoms with Crippen LogP contribution in [0.2, 0.25) is 0 Å². The van der Waals surface area contributed by atoms with E-state index in [0.29, 0.717) is 5.92 Å². The fourth-order valence-electron chi connectivity index (χ4n) is 1.94. The van der Waals surface area contributed by atoms with E-state index in [1.807, 2.05) is 7.05 Å². The van der Waals surface area contributed by atoms with Gasteiger partial charge in [0, 0.05) is 12.6 Å². The van der Waals surface area contributed by atoms with E-state index in [4.69, 9.17) is 0 Å². The Labute approximate surface area is 95.9 Å². The molecular weight excluding hydrogens is 208 g/mol. The average molecular weight is 227 g/mol. The third kappa shape index (κ3) is 3.27. The van der Waals surface area contributed by atoms with Crippen LogP contribution in [0, 0.1) is 17.6 Å². The van der Waals surface area contributed by atoms with Crippen molar-refractivity contribution >= 4 is 0 Å². The van der Waals surface area contributed by atoms with E-state index in [9.17, 15) is 8.78 Å². The summed E-state index contributed by atoms with van der Waals surface area (Å²) < 4.78 is 26.3. The molecule has 1 aromatic carbocycles. The summed E-state index contributed by atoms with van der Waals surface area (Å²) in [6.07, 6.45) is 0.991. The first-order chi connectivity index (χ1) is 7.58. The van der Waals surface area contributed by atoms with Crippen LogP contribution in [0.15, 0.2) is 18.2 Å². The van der Waals surface area contributed by atoms with E-state index in [-0.39, 0.29) is 5.92 Å². The normalized spacial score (nSPS) is 14.8. The van der Waals surface area contributed by atoms with Crippen LogP contribution < -0.4 is 5.32 Å². The Morgan fingerprint density at radius 2 is 1.75 bits per heavy atom. The van der Waals surface area contributed by atoms with Crippen LogP contribution in [0.3, 0.4) is 0 Å². The van der Waals surface area contributed by atoms with Crippen molar-refractivity contribution in [2.45, 2.75) is 26.2 Å². The lowest BCUT2D eigenvalue weighted by Crippen LogP contribution is -2.22. The number of likely N-dealkylation sites (N-methyl/N-ethyl adjacent to an activating group) is 1. The highest BCUT2D eigenvalue weighted by molar-refractivity contribution is 5.23. The van der Waals surface area contributed by atoms with Gasteiger partial charge >= 0.3 is 0 Å². The van der Waals surface area contributed by atoms with Crippen molar-refractivity contribution in [1.29, 1.82) is 0 Å². The largest absolute Gasteiger partial charge is 0.319 e. The first kappa shape index (κ1) is 13.1. The Kier molecular flexibility index (Phi) is 4.87. The molecule has 3 heteroatoms. The highest BCUT2D eigenvalue weighted by Crippen LogP contribution is 2.27. The Balaban J connectivity index is 3.00. The molecule has 0 fully saturated rings. The SMILES string of the molecule is CCC(C)C(CNC)c1cc(F)cc(F)c1. The van der Waals surface area contributed by atoms with Crippen molar-refractivity contribution in [3.63, 3.8) is 0 Å². The topological polar surface area (TPSA) is 12.0 Å². The van der Waals surface area contributed by atoms with E-state index in [1.165, 1.54) is 12.1 Å². The molecule has 0 saturated carbocycles. The summed E-state index contributed by atoms with van der Waals surface area (Å²) >= 11 is 0. The standard InChI is InChI=1S/C13H19F2N/c1-4-9(2)13(8-16-3)10-5-11(14)7-12(15)6-10/h5-7,9,13,16H,4,8H2,1-3H3. The smallest absolute Gasteiger partial charge is 0.126 e. The van der Waals surface area contributed by atoms with Crippen LogP contribution >= 0.6 is 0 Å². The second kappa shape index (κ2) is 5.94. The number of hydrogen-bond donors (Lipinski definition) is 1. The predicted octanol–water partition coefficient (Wildman–Crippen LogP) is 3.31. The van der Waals surface area contributed by atoms with Gasteiger partial charge in [0.1, 0.15) is 11.6 Å². The molecule has 16 heavy (non-hydrogen) atoms. The minimum atomic E-state index is -0.501. The zero-order valence-electron chi connectivity index (χ0n) is 10.1. The van der Waals surface area contributed by atoms with Crippen LogP contribution in [-0.2, 0) is 0 Å². The molecular formula is C13H19F2N. The highest BCUT2D eigenvalue weighted by atomic mass is 19.1. The summed E-state index contributed by atoms with van der Waals surface area (Å²) in [6.45, 7) is 4.92. The number of benzene rings is 1. The molecule has 1 nitrogen and oxygen atoms in total. The van der Waals surface area contributed by atoms with Gasteiger partial charge in [-0.25, -0.2) is 8.78 Å². The molecule has 1 N–H and O–H groups in total. The molecule has 0 aliphatic heterocycles. The molecule has 0 spiro atoms. The molecule has 0 amide bonds. The molecule has 0 aliphatic rings. The van der Waals surface area contributed by atoms with E-state index in [2.05, 4.69) is 19.2 Å². The average Bonchev–Trinajstić information content (AvgIpc) is 2.23. The minimum Gasteiger partial charge on any atom is -0.319 e. The highest BCUT2D eigenvalue weighted by Gasteiger charge is 2.18. The lowest BCUT2D eigenvalue weighted by molar-refractivity contribution is 0.428. The van der Waals surface area contributed by atoms with Crippen molar-refractivity contribution in [1.82, 2.24) is 5.32 Å². The fraction of sp³-hybridized carbons (Fsp3) is 0.538. The first-order valence-corrected chi connectivity index (χ1v) is 5.69. The maximum absolute atomic E-state index is 13.1. The summed E-state index contributed by atoms with van der Waals surface area (Å²) in [6, 6.07) is 3.77. The minimum absolute atomic E-state index is 0.153. The van der Waals surface area contributed by atoms with Gasteiger partial charge in [0.2, 0.25) is 0 Å². The summed E-state index contributed by atoms with van der Waals surface area (Å²) in [5.74, 6) is -0.451. The van der Waals surface area contributed by atoms with Gasteiger partial charge in [-0.2, -0.15) is 0 Å². The van der Waals surface area contributed by atoms with Crippen molar-refractivity contribution in [2.75, 3.05) is 13.6 Å². The van der Waals surface area contributed by atoms with E-state index in [0.717, 1.165) is 24.6 Å². The van der Waals surface area contributed by atoms with Gasteiger partial charge in [-0.3, -0.25) is 0 Å². The first-order valence-electron chi connectivity index (χ1n) is 5.69. The van der Waals surface area contributed by atoms with Crippen LogP contribution in [0.1, 0.15) is 31.7 Å². The van der Waals surface area contributed by atoms with Gasteiger partial charge in [0.15, 0.2) is 0 Å². The number of nitrogens with one attached hydrogen (secondary N) is 1. The van der Waals surface area contributed by atoms with Crippen LogP contribution in [0.5, 0.6) is 0 Å². The third-order valence-corrected chi connectivity index (χ3v) is 3.07.